The smallest absolute Gasteiger partial charge is 0.362 e. The fourth-order valence-corrected chi connectivity index (χ4v) is 5.76. The van der Waals surface area contributed by atoms with Crippen LogP contribution < -0.4 is 0 Å². The summed E-state index contributed by atoms with van der Waals surface area (Å²) in [5, 5.41) is 38.3. The van der Waals surface area contributed by atoms with Crippen molar-refractivity contribution in [2.45, 2.75) is 142 Å². The molecule has 0 bridgehead atoms. The van der Waals surface area contributed by atoms with Gasteiger partial charge in [-0.1, -0.05) is 117 Å². The Bertz CT molecular complexity index is 967. The number of amidine groups is 2. The molecular formula is C32H62N4O10S. The zero-order chi connectivity index (χ0) is 35.6. The Morgan fingerprint density at radius 2 is 0.851 bits per heavy atom. The lowest BCUT2D eigenvalue weighted by atomic mass is 10.1. The summed E-state index contributed by atoms with van der Waals surface area (Å²) in [6.07, 6.45) is 24.0. The minimum absolute atomic E-state index is 0.268. The van der Waals surface area contributed by atoms with Crippen molar-refractivity contribution < 1.29 is 57.0 Å². The molecule has 4 N–H and O–H groups in total. The maximum Gasteiger partial charge on any atom is 0.362 e. The van der Waals surface area contributed by atoms with Gasteiger partial charge in [0.05, 0.1) is 13.1 Å². The van der Waals surface area contributed by atoms with Crippen molar-refractivity contribution in [1.29, 1.82) is 0 Å². The van der Waals surface area contributed by atoms with E-state index in [9.17, 15) is 20.0 Å². The molecular weight excluding hydrogens is 632 g/mol. The van der Waals surface area contributed by atoms with E-state index in [0.717, 1.165) is 38.5 Å². The van der Waals surface area contributed by atoms with E-state index in [0.29, 0.717) is 37.9 Å². The molecule has 0 amide bonds. The molecule has 47 heavy (non-hydrogen) atoms. The first-order valence-corrected chi connectivity index (χ1v) is 18.9. The van der Waals surface area contributed by atoms with Crippen molar-refractivity contribution in [2.24, 2.45) is 9.98 Å². The first kappa shape index (κ1) is 45.0. The van der Waals surface area contributed by atoms with Crippen LogP contribution in [-0.2, 0) is 20.0 Å². The highest BCUT2D eigenvalue weighted by Crippen LogP contribution is 2.19. The summed E-state index contributed by atoms with van der Waals surface area (Å²) in [7, 11) is -5.17. The number of carboxylic acids is 2. The van der Waals surface area contributed by atoms with Crippen molar-refractivity contribution in [2.75, 3.05) is 39.3 Å². The van der Waals surface area contributed by atoms with Gasteiger partial charge in [0.1, 0.15) is 13.1 Å². The second-order valence-electron chi connectivity index (χ2n) is 12.6. The van der Waals surface area contributed by atoms with Gasteiger partial charge in [-0.05, 0) is 12.8 Å². The van der Waals surface area contributed by atoms with Gasteiger partial charge in [0.25, 0.3) is 0 Å². The monoisotopic (exact) mass is 694 g/mol. The van der Waals surface area contributed by atoms with E-state index in [1.54, 1.807) is 0 Å². The number of nitrogens with zero attached hydrogens (tertiary/aromatic N) is 4. The Labute approximate surface area is 282 Å². The summed E-state index contributed by atoms with van der Waals surface area (Å²) < 4.78 is 33.1. The Morgan fingerprint density at radius 1 is 0.596 bits per heavy atom. The molecule has 0 radical (unpaired) electrons. The number of hydrogen-bond acceptors (Lipinski definition) is 10. The lowest BCUT2D eigenvalue weighted by Gasteiger charge is -2.23. The summed E-state index contributed by atoms with van der Waals surface area (Å²) in [5.41, 5.74) is 0. The van der Waals surface area contributed by atoms with Crippen LogP contribution in [-0.4, -0.2) is 110 Å². The highest BCUT2D eigenvalue weighted by molar-refractivity contribution is 7.79. The van der Waals surface area contributed by atoms with Crippen LogP contribution in [0.25, 0.3) is 0 Å². The topological polar surface area (TPSA) is 220 Å². The van der Waals surface area contributed by atoms with Crippen LogP contribution in [0.5, 0.6) is 0 Å². The number of quaternary nitrogens is 2. The highest BCUT2D eigenvalue weighted by Gasteiger charge is 2.40. The molecule has 0 saturated carbocycles. The van der Waals surface area contributed by atoms with Crippen LogP contribution in [0.3, 0.4) is 0 Å². The minimum atomic E-state index is -5.17. The fourth-order valence-electron chi connectivity index (χ4n) is 5.76. The van der Waals surface area contributed by atoms with Crippen LogP contribution in [0.4, 0.5) is 0 Å². The second-order valence-corrected chi connectivity index (χ2v) is 13.4. The zero-order valence-corrected chi connectivity index (χ0v) is 29.6. The number of hydrogen-bond donors (Lipinski definition) is 4. The average molecular weight is 695 g/mol. The van der Waals surface area contributed by atoms with E-state index in [4.69, 9.17) is 27.7 Å². The number of unbranched alkanes of at least 4 members (excludes halogenated alkanes) is 16. The Hall–Kier alpha value is -2.01. The number of aliphatic carboxylic acids is 2. The van der Waals surface area contributed by atoms with Gasteiger partial charge in [-0.15, -0.1) is 9.29 Å². The quantitative estimate of drug-likeness (QED) is 0.0406. The third-order valence-corrected chi connectivity index (χ3v) is 8.29. The van der Waals surface area contributed by atoms with Gasteiger partial charge in [-0.25, -0.2) is 30.0 Å². The molecule has 0 spiro atoms. The minimum Gasteiger partial charge on any atom is -0.759 e. The van der Waals surface area contributed by atoms with Gasteiger partial charge < -0.3 is 19.3 Å². The summed E-state index contributed by atoms with van der Waals surface area (Å²) in [6.45, 7) is 5.81. The number of carbonyl (C=O) groups is 2. The van der Waals surface area contributed by atoms with E-state index in [1.807, 2.05) is 0 Å². The van der Waals surface area contributed by atoms with Crippen LogP contribution in [0.15, 0.2) is 9.98 Å². The Kier molecular flexibility index (Phi) is 24.8. The number of carboxylic acid groups (broad SMARTS) is 2. The first-order chi connectivity index (χ1) is 22.2. The summed E-state index contributed by atoms with van der Waals surface area (Å²) >= 11 is 0. The zero-order valence-electron chi connectivity index (χ0n) is 28.8. The van der Waals surface area contributed by atoms with Crippen molar-refractivity contribution >= 4 is 34.0 Å². The molecule has 0 aromatic carbocycles. The van der Waals surface area contributed by atoms with Gasteiger partial charge in [-0.3, -0.25) is 8.42 Å². The van der Waals surface area contributed by atoms with E-state index >= 15 is 0 Å². The number of aliphatic imine (C=N–C) groups is 2. The SMILES string of the molecule is CCCCCCCCCCCC1=NCC[N+]1(O)CC(=O)O.CCCCCCCCCCCC1=NCC[N+]1(O)CC(=O)O.O=S(=O)([O-])[O-]. The molecule has 0 aliphatic carbocycles. The standard InChI is InChI=1S/2C16H30N2O3.H2O4S/c2*1-2-3-4-5-6-7-8-9-10-11-15-17-12-13-18(15,21)14-16(19)20;1-5(2,3)4/h2*21H,2-14H2,1H3;(H2,1,2,3,4). The third kappa shape index (κ3) is 24.7. The van der Waals surface area contributed by atoms with E-state index in [1.165, 1.54) is 89.9 Å². The highest BCUT2D eigenvalue weighted by atomic mass is 32.3. The Balaban J connectivity index is 0.000000787. The average Bonchev–Trinajstić information content (AvgIpc) is 3.50. The molecule has 0 fully saturated rings. The largest absolute Gasteiger partial charge is 0.759 e. The van der Waals surface area contributed by atoms with Crippen LogP contribution in [0, 0.1) is 0 Å². The molecule has 2 aliphatic rings. The Morgan fingerprint density at radius 3 is 1.11 bits per heavy atom. The van der Waals surface area contributed by atoms with Crippen molar-refractivity contribution in [1.82, 2.24) is 0 Å². The van der Waals surface area contributed by atoms with Gasteiger partial charge in [-0.2, -0.15) is 0 Å². The van der Waals surface area contributed by atoms with Gasteiger partial charge >= 0.3 is 11.9 Å². The number of hydroxylamine groups is 6. The summed E-state index contributed by atoms with van der Waals surface area (Å²) in [4.78, 5) is 30.2. The molecule has 0 aromatic heterocycles. The molecule has 0 saturated heterocycles. The predicted octanol–water partition coefficient (Wildman–Crippen LogP) is 5.88. The van der Waals surface area contributed by atoms with Crippen molar-refractivity contribution in [3.8, 4) is 0 Å². The molecule has 2 atom stereocenters. The summed E-state index contributed by atoms with van der Waals surface area (Å²) in [6, 6.07) is 0. The first-order valence-electron chi connectivity index (χ1n) is 17.5. The molecule has 15 heteroatoms. The molecule has 2 heterocycles. The lowest BCUT2D eigenvalue weighted by Crippen LogP contribution is -2.50. The molecule has 2 rings (SSSR count). The molecule has 0 aromatic rings. The third-order valence-electron chi connectivity index (χ3n) is 8.29. The van der Waals surface area contributed by atoms with E-state index in [2.05, 4.69) is 23.8 Å². The fraction of sp³-hybridized carbons (Fsp3) is 0.875. The van der Waals surface area contributed by atoms with Crippen LogP contribution in [0.2, 0.25) is 0 Å². The van der Waals surface area contributed by atoms with E-state index < -0.39 is 31.6 Å². The second kappa shape index (κ2) is 25.9. The van der Waals surface area contributed by atoms with Crippen LogP contribution in [0.1, 0.15) is 142 Å². The molecule has 276 valence electrons. The van der Waals surface area contributed by atoms with Gasteiger partial charge in [0.2, 0.25) is 24.8 Å². The van der Waals surface area contributed by atoms with Crippen molar-refractivity contribution in [3.63, 3.8) is 0 Å². The number of rotatable bonds is 24. The van der Waals surface area contributed by atoms with E-state index in [-0.39, 0.29) is 13.1 Å². The molecule has 2 aliphatic heterocycles. The van der Waals surface area contributed by atoms with Gasteiger partial charge in [0.15, 0.2) is 0 Å². The van der Waals surface area contributed by atoms with Crippen LogP contribution >= 0.6 is 0 Å². The predicted molar refractivity (Wildman–Crippen MR) is 178 cm³/mol. The normalized spacial score (nSPS) is 20.5. The summed E-state index contributed by atoms with van der Waals surface area (Å²) in [5.74, 6) is -0.640. The maximum absolute atomic E-state index is 10.8. The maximum atomic E-state index is 10.8. The van der Waals surface area contributed by atoms with Crippen molar-refractivity contribution in [3.05, 3.63) is 0 Å². The van der Waals surface area contributed by atoms with Gasteiger partial charge in [0, 0.05) is 23.2 Å². The molecule has 14 nitrogen and oxygen atoms in total. The molecule has 2 unspecified atom stereocenters. The lowest BCUT2D eigenvalue weighted by molar-refractivity contribution is -1.02.